The average Bonchev–Trinajstić information content (AvgIpc) is 2.69. The van der Waals surface area contributed by atoms with Crippen LogP contribution in [0, 0.1) is 0 Å². The third-order valence-electron chi connectivity index (χ3n) is 5.26. The highest BCUT2D eigenvalue weighted by molar-refractivity contribution is 5.92. The molecule has 0 fully saturated rings. The smallest absolute Gasteiger partial charge is 0.408 e. The fourth-order valence-electron chi connectivity index (χ4n) is 3.65. The molecule has 1 aromatic carbocycles. The van der Waals surface area contributed by atoms with Gasteiger partial charge < -0.3 is 20.3 Å². The van der Waals surface area contributed by atoms with Crippen molar-refractivity contribution in [3.8, 4) is 0 Å². The molecule has 0 aliphatic carbocycles. The summed E-state index contributed by atoms with van der Waals surface area (Å²) in [6.45, 7) is 16.7. The molecule has 1 rings (SSSR count). The lowest BCUT2D eigenvalue weighted by Crippen LogP contribution is -2.54. The Morgan fingerprint density at radius 2 is 1.55 bits per heavy atom. The predicted octanol–water partition coefficient (Wildman–Crippen LogP) is 4.75. The number of aryl methyl sites for hydroxylation is 1. The second-order valence-electron chi connectivity index (χ2n) is 9.90. The Bertz CT molecular complexity index is 784. The summed E-state index contributed by atoms with van der Waals surface area (Å²) in [5.41, 5.74) is 1.21. The van der Waals surface area contributed by atoms with Crippen LogP contribution in [0.4, 0.5) is 4.79 Å². The van der Waals surface area contributed by atoms with E-state index in [2.05, 4.69) is 24.5 Å². The topological polar surface area (TPSA) is 87.7 Å². The van der Waals surface area contributed by atoms with Crippen molar-refractivity contribution in [3.63, 3.8) is 0 Å². The van der Waals surface area contributed by atoms with E-state index in [9.17, 15) is 14.4 Å². The molecule has 3 atom stereocenters. The van der Waals surface area contributed by atoms with Crippen molar-refractivity contribution in [2.45, 2.75) is 111 Å². The van der Waals surface area contributed by atoms with Crippen LogP contribution in [0.15, 0.2) is 24.3 Å². The fraction of sp³-hybridized carbons (Fsp3) is 0.654. The van der Waals surface area contributed by atoms with Gasteiger partial charge in [-0.25, -0.2) is 4.79 Å². The second kappa shape index (κ2) is 12.6. The highest BCUT2D eigenvalue weighted by Gasteiger charge is 2.36. The fourth-order valence-corrected chi connectivity index (χ4v) is 3.65. The molecule has 33 heavy (non-hydrogen) atoms. The quantitative estimate of drug-likeness (QED) is 0.527. The molecule has 0 saturated carbocycles. The summed E-state index contributed by atoms with van der Waals surface area (Å²) in [5, 5.41) is 5.68. The van der Waals surface area contributed by atoms with Crippen LogP contribution in [-0.4, -0.2) is 46.5 Å². The number of nitrogens with zero attached hydrogens (tertiary/aromatic N) is 1. The van der Waals surface area contributed by atoms with Crippen molar-refractivity contribution >= 4 is 17.9 Å². The van der Waals surface area contributed by atoms with Gasteiger partial charge in [0.15, 0.2) is 0 Å². The van der Waals surface area contributed by atoms with Gasteiger partial charge in [-0.1, -0.05) is 44.5 Å². The van der Waals surface area contributed by atoms with E-state index in [0.29, 0.717) is 0 Å². The number of amides is 3. The molecule has 3 unspecified atom stereocenters. The Hall–Kier alpha value is -2.57. The van der Waals surface area contributed by atoms with Crippen molar-refractivity contribution in [2.24, 2.45) is 0 Å². The molecule has 0 bridgehead atoms. The highest BCUT2D eigenvalue weighted by Crippen LogP contribution is 2.26. The van der Waals surface area contributed by atoms with Gasteiger partial charge in [-0.05, 0) is 72.4 Å². The number of carbonyl (C=O) groups excluding carboxylic acids is 3. The molecule has 7 nitrogen and oxygen atoms in total. The molecule has 2 N–H and O–H groups in total. The second-order valence-corrected chi connectivity index (χ2v) is 9.90. The third-order valence-corrected chi connectivity index (χ3v) is 5.26. The van der Waals surface area contributed by atoms with Gasteiger partial charge in [0.25, 0.3) is 0 Å². The first kappa shape index (κ1) is 28.5. The van der Waals surface area contributed by atoms with Crippen LogP contribution in [0.3, 0.4) is 0 Å². The van der Waals surface area contributed by atoms with Crippen LogP contribution >= 0.6 is 0 Å². The van der Waals surface area contributed by atoms with E-state index >= 15 is 0 Å². The number of ether oxygens (including phenoxy) is 1. The predicted molar refractivity (Wildman–Crippen MR) is 132 cm³/mol. The number of hydrogen-bond acceptors (Lipinski definition) is 4. The number of rotatable bonds is 10. The summed E-state index contributed by atoms with van der Waals surface area (Å²) in [6.07, 6.45) is 2.01. The van der Waals surface area contributed by atoms with Crippen molar-refractivity contribution in [2.75, 3.05) is 0 Å². The molecule has 0 aliphatic heterocycles. The third kappa shape index (κ3) is 9.06. The lowest BCUT2D eigenvalue weighted by Gasteiger charge is -2.37. The first-order valence-corrected chi connectivity index (χ1v) is 12.0. The van der Waals surface area contributed by atoms with Gasteiger partial charge in [-0.3, -0.25) is 9.59 Å². The van der Waals surface area contributed by atoms with Gasteiger partial charge in [-0.2, -0.15) is 0 Å². The van der Waals surface area contributed by atoms with Gasteiger partial charge in [0, 0.05) is 12.1 Å². The van der Waals surface area contributed by atoms with Gasteiger partial charge in [0.1, 0.15) is 17.7 Å². The standard InChI is InChI=1S/C26H43N3O4/c1-10-12-18(5)27-23(30)22(21-15-13-20(11-2)14-16-21)29(17(3)4)24(31)19(6)28-25(32)33-26(7,8)9/h13-19,22H,10-12H2,1-9H3,(H,27,30)(H,28,32). The molecule has 7 heteroatoms. The lowest BCUT2D eigenvalue weighted by atomic mass is 9.99. The van der Waals surface area contributed by atoms with E-state index in [1.807, 2.05) is 45.0 Å². The van der Waals surface area contributed by atoms with E-state index in [4.69, 9.17) is 4.74 Å². The Morgan fingerprint density at radius 1 is 0.970 bits per heavy atom. The zero-order valence-corrected chi connectivity index (χ0v) is 21.8. The van der Waals surface area contributed by atoms with Crippen LogP contribution in [-0.2, 0) is 20.7 Å². The van der Waals surface area contributed by atoms with Crippen molar-refractivity contribution in [1.29, 1.82) is 0 Å². The Balaban J connectivity index is 3.28. The van der Waals surface area contributed by atoms with E-state index in [1.165, 1.54) is 0 Å². The van der Waals surface area contributed by atoms with E-state index < -0.39 is 23.8 Å². The van der Waals surface area contributed by atoms with Gasteiger partial charge in [0.2, 0.25) is 11.8 Å². The van der Waals surface area contributed by atoms with E-state index in [-0.39, 0.29) is 23.9 Å². The van der Waals surface area contributed by atoms with Crippen LogP contribution in [0.2, 0.25) is 0 Å². The van der Waals surface area contributed by atoms with Gasteiger partial charge in [-0.15, -0.1) is 0 Å². The summed E-state index contributed by atoms with van der Waals surface area (Å²) in [6, 6.07) is 5.81. The zero-order chi connectivity index (χ0) is 25.3. The number of nitrogens with one attached hydrogen (secondary N) is 2. The maximum atomic E-state index is 13.5. The molecule has 186 valence electrons. The maximum absolute atomic E-state index is 13.5. The summed E-state index contributed by atoms with van der Waals surface area (Å²) >= 11 is 0. The number of alkyl carbamates (subject to hydrolysis) is 1. The molecule has 0 aliphatic rings. The Kier molecular flexibility index (Phi) is 10.9. The molecule has 0 radical (unpaired) electrons. The zero-order valence-electron chi connectivity index (χ0n) is 21.8. The summed E-state index contributed by atoms with van der Waals surface area (Å²) < 4.78 is 5.30. The Morgan fingerprint density at radius 3 is 2.00 bits per heavy atom. The molecular formula is C26H43N3O4. The SMILES string of the molecule is CCCC(C)NC(=O)C(c1ccc(CC)cc1)N(C(=O)C(C)NC(=O)OC(C)(C)C)C(C)C. The van der Waals surface area contributed by atoms with E-state index in [1.54, 1.807) is 32.6 Å². The van der Waals surface area contributed by atoms with Gasteiger partial charge >= 0.3 is 6.09 Å². The molecular weight excluding hydrogens is 418 g/mol. The summed E-state index contributed by atoms with van der Waals surface area (Å²) in [4.78, 5) is 40.8. The van der Waals surface area contributed by atoms with Crippen molar-refractivity contribution in [1.82, 2.24) is 15.5 Å². The lowest BCUT2D eigenvalue weighted by molar-refractivity contribution is -0.144. The van der Waals surface area contributed by atoms with Crippen molar-refractivity contribution < 1.29 is 19.1 Å². The Labute approximate surface area is 199 Å². The van der Waals surface area contributed by atoms with Crippen LogP contribution in [0.25, 0.3) is 0 Å². The molecule has 0 aromatic heterocycles. The first-order chi connectivity index (χ1) is 15.3. The molecule has 3 amide bonds. The normalized spacial score (nSPS) is 14.2. The number of benzene rings is 1. The minimum absolute atomic E-state index is 0.0126. The highest BCUT2D eigenvalue weighted by atomic mass is 16.6. The minimum Gasteiger partial charge on any atom is -0.444 e. The summed E-state index contributed by atoms with van der Waals surface area (Å²) in [5.74, 6) is -0.578. The van der Waals surface area contributed by atoms with E-state index in [0.717, 1.165) is 30.4 Å². The summed E-state index contributed by atoms with van der Waals surface area (Å²) in [7, 11) is 0. The molecule has 0 saturated heterocycles. The average molecular weight is 462 g/mol. The monoisotopic (exact) mass is 461 g/mol. The molecule has 1 aromatic rings. The number of carbonyl (C=O) groups is 3. The maximum Gasteiger partial charge on any atom is 0.408 e. The molecule has 0 spiro atoms. The van der Waals surface area contributed by atoms with Crippen LogP contribution in [0.1, 0.15) is 92.3 Å². The van der Waals surface area contributed by atoms with Crippen molar-refractivity contribution in [3.05, 3.63) is 35.4 Å². The van der Waals surface area contributed by atoms with Crippen LogP contribution < -0.4 is 10.6 Å². The minimum atomic E-state index is -0.861. The first-order valence-electron chi connectivity index (χ1n) is 12.0. The molecule has 0 heterocycles. The largest absolute Gasteiger partial charge is 0.444 e. The van der Waals surface area contributed by atoms with Crippen LogP contribution in [0.5, 0.6) is 0 Å². The van der Waals surface area contributed by atoms with Gasteiger partial charge in [0.05, 0.1) is 0 Å². The number of hydrogen-bond donors (Lipinski definition) is 2.